The van der Waals surface area contributed by atoms with Gasteiger partial charge in [0.1, 0.15) is 5.70 Å². The summed E-state index contributed by atoms with van der Waals surface area (Å²) in [5, 5.41) is 3.15. The highest BCUT2D eigenvalue weighted by molar-refractivity contribution is 6.31. The van der Waals surface area contributed by atoms with Gasteiger partial charge in [-0.2, -0.15) is 0 Å². The molecule has 1 aromatic heterocycles. The number of nitrogens with one attached hydrogen (secondary N) is 1. The maximum Gasteiger partial charge on any atom is 0.333 e. The van der Waals surface area contributed by atoms with Crippen LogP contribution in [0.5, 0.6) is 0 Å². The maximum atomic E-state index is 12.9. The van der Waals surface area contributed by atoms with Crippen LogP contribution in [-0.4, -0.2) is 22.4 Å². The Morgan fingerprint density at radius 3 is 2.23 bits per heavy atom. The molecule has 4 amide bonds. The minimum Gasteiger partial charge on any atom is -0.366 e. The molecule has 1 aliphatic heterocycles. The van der Waals surface area contributed by atoms with E-state index in [0.717, 1.165) is 27.5 Å². The van der Waals surface area contributed by atoms with E-state index in [-0.39, 0.29) is 5.70 Å². The molecule has 1 aliphatic rings. The Morgan fingerprint density at radius 1 is 1.00 bits per heavy atom. The molecule has 4 rings (SSSR count). The van der Waals surface area contributed by atoms with Crippen molar-refractivity contribution in [3.05, 3.63) is 87.8 Å². The molecule has 0 bridgehead atoms. The third-order valence-corrected chi connectivity index (χ3v) is 5.40. The van der Waals surface area contributed by atoms with Crippen molar-refractivity contribution in [1.82, 2.24) is 9.88 Å². The van der Waals surface area contributed by atoms with Gasteiger partial charge >= 0.3 is 6.03 Å². The van der Waals surface area contributed by atoms with Crippen LogP contribution < -0.4 is 16.0 Å². The molecule has 3 N–H and O–H groups in total. The SMILES string of the molecule is Cc1cc(/C=C2/NC(=O)N(c3ccc(Cl)cc3)C2=O)c(C)n1-c1ccc(C(N)=O)cc1. The molecule has 0 aliphatic carbocycles. The van der Waals surface area contributed by atoms with E-state index >= 15 is 0 Å². The fourth-order valence-corrected chi connectivity index (χ4v) is 3.75. The molecule has 0 spiro atoms. The van der Waals surface area contributed by atoms with Crippen molar-refractivity contribution >= 4 is 41.2 Å². The van der Waals surface area contributed by atoms with Crippen LogP contribution in [0.15, 0.2) is 60.3 Å². The number of anilines is 1. The number of aromatic nitrogens is 1. The average molecular weight is 435 g/mol. The molecule has 2 heterocycles. The van der Waals surface area contributed by atoms with Crippen LogP contribution in [0.1, 0.15) is 27.3 Å². The first-order valence-corrected chi connectivity index (χ1v) is 9.86. The Balaban J connectivity index is 1.67. The highest BCUT2D eigenvalue weighted by Gasteiger charge is 2.35. The molecule has 0 atom stereocenters. The van der Waals surface area contributed by atoms with Crippen LogP contribution in [0.2, 0.25) is 5.02 Å². The highest BCUT2D eigenvalue weighted by Crippen LogP contribution is 2.27. The molecule has 1 saturated heterocycles. The summed E-state index contributed by atoms with van der Waals surface area (Å²) in [4.78, 5) is 37.7. The lowest BCUT2D eigenvalue weighted by atomic mass is 10.2. The molecular weight excluding hydrogens is 416 g/mol. The number of hydrogen-bond donors (Lipinski definition) is 2. The fraction of sp³-hybridized carbons (Fsp3) is 0.0870. The van der Waals surface area contributed by atoms with Crippen LogP contribution in [0.25, 0.3) is 11.8 Å². The Bertz CT molecular complexity index is 1240. The normalized spacial score (nSPS) is 14.9. The molecule has 0 radical (unpaired) electrons. The van der Waals surface area contributed by atoms with E-state index in [9.17, 15) is 14.4 Å². The van der Waals surface area contributed by atoms with Gasteiger partial charge in [0.15, 0.2) is 0 Å². The second-order valence-corrected chi connectivity index (χ2v) is 7.61. The molecule has 31 heavy (non-hydrogen) atoms. The van der Waals surface area contributed by atoms with E-state index in [4.69, 9.17) is 17.3 Å². The molecule has 1 fully saturated rings. The lowest BCUT2D eigenvalue weighted by molar-refractivity contribution is -0.113. The summed E-state index contributed by atoms with van der Waals surface area (Å²) in [7, 11) is 0. The van der Waals surface area contributed by atoms with Crippen molar-refractivity contribution < 1.29 is 14.4 Å². The predicted octanol–water partition coefficient (Wildman–Crippen LogP) is 3.94. The molecule has 156 valence electrons. The van der Waals surface area contributed by atoms with Crippen molar-refractivity contribution in [3.63, 3.8) is 0 Å². The zero-order chi connectivity index (χ0) is 22.3. The number of nitrogens with zero attached hydrogens (tertiary/aromatic N) is 2. The lowest BCUT2D eigenvalue weighted by Gasteiger charge is -2.11. The third kappa shape index (κ3) is 3.71. The van der Waals surface area contributed by atoms with Gasteiger partial charge in [0.25, 0.3) is 5.91 Å². The molecular formula is C23H19ClN4O3. The van der Waals surface area contributed by atoms with E-state index in [2.05, 4.69) is 5.32 Å². The van der Waals surface area contributed by atoms with E-state index in [1.54, 1.807) is 42.5 Å². The Morgan fingerprint density at radius 2 is 1.61 bits per heavy atom. The largest absolute Gasteiger partial charge is 0.366 e. The summed E-state index contributed by atoms with van der Waals surface area (Å²) in [6, 6.07) is 14.8. The minimum atomic E-state index is -0.519. The van der Waals surface area contributed by atoms with Crippen molar-refractivity contribution in [2.75, 3.05) is 4.90 Å². The smallest absolute Gasteiger partial charge is 0.333 e. The summed E-state index contributed by atoms with van der Waals surface area (Å²) in [6.45, 7) is 3.85. The van der Waals surface area contributed by atoms with Crippen LogP contribution >= 0.6 is 11.6 Å². The van der Waals surface area contributed by atoms with Gasteiger partial charge in [-0.1, -0.05) is 11.6 Å². The van der Waals surface area contributed by atoms with Gasteiger partial charge in [0.2, 0.25) is 5.91 Å². The number of halogens is 1. The standard InChI is InChI=1S/C23H19ClN4O3/c1-13-11-16(14(2)27(13)18-7-3-15(4-8-18)21(25)29)12-20-22(30)28(23(31)26-20)19-9-5-17(24)6-10-19/h3-12H,1-2H3,(H2,25,29)(H,26,31)/b20-12+. The number of primary amides is 1. The van der Waals surface area contributed by atoms with Crippen LogP contribution in [-0.2, 0) is 4.79 Å². The molecule has 0 saturated carbocycles. The van der Waals surface area contributed by atoms with Crippen LogP contribution in [0.4, 0.5) is 10.5 Å². The van der Waals surface area contributed by atoms with Crippen molar-refractivity contribution in [3.8, 4) is 5.69 Å². The summed E-state index contributed by atoms with van der Waals surface area (Å²) >= 11 is 5.90. The van der Waals surface area contributed by atoms with Crippen molar-refractivity contribution in [1.29, 1.82) is 0 Å². The van der Waals surface area contributed by atoms with E-state index in [1.807, 2.05) is 36.6 Å². The monoisotopic (exact) mass is 434 g/mol. The highest BCUT2D eigenvalue weighted by atomic mass is 35.5. The zero-order valence-corrected chi connectivity index (χ0v) is 17.6. The van der Waals surface area contributed by atoms with Crippen molar-refractivity contribution in [2.45, 2.75) is 13.8 Å². The van der Waals surface area contributed by atoms with Gasteiger partial charge in [-0.3, -0.25) is 9.59 Å². The summed E-state index contributed by atoms with van der Waals surface area (Å²) in [6.07, 6.45) is 1.66. The van der Waals surface area contributed by atoms with Gasteiger partial charge in [0, 0.05) is 27.7 Å². The van der Waals surface area contributed by atoms with Gasteiger partial charge in [0.05, 0.1) is 5.69 Å². The number of benzene rings is 2. The molecule has 2 aromatic carbocycles. The number of amides is 4. The number of nitrogens with two attached hydrogens (primary N) is 1. The minimum absolute atomic E-state index is 0.185. The molecule has 3 aromatic rings. The number of hydrogen-bond acceptors (Lipinski definition) is 3. The number of imide groups is 1. The molecule has 0 unspecified atom stereocenters. The van der Waals surface area contributed by atoms with Gasteiger partial charge in [-0.15, -0.1) is 0 Å². The summed E-state index contributed by atoms with van der Waals surface area (Å²) < 4.78 is 2.00. The van der Waals surface area contributed by atoms with E-state index in [0.29, 0.717) is 16.3 Å². The molecule has 7 nitrogen and oxygen atoms in total. The number of carbonyl (C=O) groups is 3. The first kappa shape index (κ1) is 20.4. The second-order valence-electron chi connectivity index (χ2n) is 7.18. The maximum absolute atomic E-state index is 12.9. The quantitative estimate of drug-likeness (QED) is 0.480. The summed E-state index contributed by atoms with van der Waals surface area (Å²) in [5.41, 5.74) is 9.82. The zero-order valence-electron chi connectivity index (χ0n) is 16.8. The lowest BCUT2D eigenvalue weighted by Crippen LogP contribution is -2.30. The first-order chi connectivity index (χ1) is 14.8. The third-order valence-electron chi connectivity index (χ3n) is 5.14. The first-order valence-electron chi connectivity index (χ1n) is 9.48. The van der Waals surface area contributed by atoms with Crippen molar-refractivity contribution in [2.24, 2.45) is 5.73 Å². The van der Waals surface area contributed by atoms with Gasteiger partial charge in [-0.25, -0.2) is 9.69 Å². The fourth-order valence-electron chi connectivity index (χ4n) is 3.62. The Labute approximate surface area is 183 Å². The Hall–Kier alpha value is -3.84. The van der Waals surface area contributed by atoms with E-state index < -0.39 is 17.8 Å². The van der Waals surface area contributed by atoms with Crippen LogP contribution in [0, 0.1) is 13.8 Å². The predicted molar refractivity (Wildman–Crippen MR) is 119 cm³/mol. The Kier molecular flexibility index (Phi) is 5.12. The van der Waals surface area contributed by atoms with Crippen LogP contribution in [0.3, 0.4) is 0 Å². The number of urea groups is 1. The van der Waals surface area contributed by atoms with E-state index in [1.165, 1.54) is 0 Å². The topological polar surface area (TPSA) is 97.4 Å². The van der Waals surface area contributed by atoms with Gasteiger partial charge < -0.3 is 15.6 Å². The number of carbonyl (C=O) groups excluding carboxylic acids is 3. The van der Waals surface area contributed by atoms with Gasteiger partial charge in [-0.05, 0) is 80.1 Å². The summed E-state index contributed by atoms with van der Waals surface area (Å²) in [5.74, 6) is -0.929. The molecule has 8 heteroatoms. The second kappa shape index (κ2) is 7.77. The number of aryl methyl sites for hydroxylation is 1. The average Bonchev–Trinajstić information content (AvgIpc) is 3.17. The number of rotatable bonds is 4.